The molecule has 5 nitrogen and oxygen atoms in total. The third-order valence-corrected chi connectivity index (χ3v) is 5.93. The molecule has 0 bridgehead atoms. The van der Waals surface area contributed by atoms with Crippen LogP contribution in [0.1, 0.15) is 57.7 Å². The maximum Gasteiger partial charge on any atom is 0.199 e. The van der Waals surface area contributed by atoms with Crippen LogP contribution in [0.3, 0.4) is 0 Å². The summed E-state index contributed by atoms with van der Waals surface area (Å²) in [7, 11) is 0. The van der Waals surface area contributed by atoms with Gasteiger partial charge in [-0.05, 0) is 49.7 Å². The summed E-state index contributed by atoms with van der Waals surface area (Å²) in [5, 5.41) is 14.0. The van der Waals surface area contributed by atoms with Gasteiger partial charge in [0, 0.05) is 19.6 Å². The average molecular weight is 324 g/mol. The molecule has 22 heavy (non-hydrogen) atoms. The Labute approximate surface area is 137 Å². The number of aromatic nitrogens is 3. The van der Waals surface area contributed by atoms with Gasteiger partial charge in [-0.3, -0.25) is 4.90 Å². The normalized spacial score (nSPS) is 21.7. The second-order valence-electron chi connectivity index (χ2n) is 6.97. The minimum atomic E-state index is -0.0419. The first-order chi connectivity index (χ1) is 10.7. The summed E-state index contributed by atoms with van der Waals surface area (Å²) in [6.45, 7) is 5.97. The molecule has 2 fully saturated rings. The van der Waals surface area contributed by atoms with E-state index < -0.39 is 0 Å². The van der Waals surface area contributed by atoms with Crippen molar-refractivity contribution in [3.8, 4) is 0 Å². The third kappa shape index (κ3) is 3.14. The van der Waals surface area contributed by atoms with Crippen molar-refractivity contribution in [1.82, 2.24) is 19.2 Å². The van der Waals surface area contributed by atoms with Crippen LogP contribution in [0.25, 0.3) is 0 Å². The van der Waals surface area contributed by atoms with Gasteiger partial charge in [0.2, 0.25) is 0 Å². The Morgan fingerprint density at radius 2 is 1.86 bits per heavy atom. The Hall–Kier alpha value is -0.720. The van der Waals surface area contributed by atoms with Gasteiger partial charge in [0.25, 0.3) is 0 Å². The molecule has 124 valence electrons. The van der Waals surface area contributed by atoms with Crippen molar-refractivity contribution in [1.29, 1.82) is 0 Å². The molecule has 2 heterocycles. The molecule has 0 unspecified atom stereocenters. The topological polar surface area (TPSA) is 46.2 Å². The van der Waals surface area contributed by atoms with Crippen LogP contribution >= 0.6 is 12.2 Å². The van der Waals surface area contributed by atoms with Crippen molar-refractivity contribution in [3.63, 3.8) is 0 Å². The Balaban J connectivity index is 1.65. The van der Waals surface area contributed by atoms with E-state index >= 15 is 0 Å². The van der Waals surface area contributed by atoms with E-state index in [0.29, 0.717) is 11.2 Å². The fourth-order valence-corrected chi connectivity index (χ4v) is 4.42. The molecule has 1 aromatic rings. The Bertz CT molecular complexity index is 549. The van der Waals surface area contributed by atoms with Crippen LogP contribution in [-0.4, -0.2) is 37.4 Å². The molecule has 0 atom stereocenters. The Morgan fingerprint density at radius 1 is 1.18 bits per heavy atom. The molecule has 0 amide bonds. The van der Waals surface area contributed by atoms with E-state index in [0.717, 1.165) is 37.5 Å². The summed E-state index contributed by atoms with van der Waals surface area (Å²) < 4.78 is 4.60. The van der Waals surface area contributed by atoms with Crippen LogP contribution in [0, 0.1) is 10.2 Å². The monoisotopic (exact) mass is 324 g/mol. The SMILES string of the molecule is CCCn1c(CO)nn(CN2CCC3(CCCC3)CC2)c1=S. The Kier molecular flexibility index (Phi) is 5.00. The van der Waals surface area contributed by atoms with E-state index in [-0.39, 0.29) is 6.61 Å². The highest BCUT2D eigenvalue weighted by Gasteiger charge is 2.36. The van der Waals surface area contributed by atoms with Crippen molar-refractivity contribution >= 4 is 12.2 Å². The first-order valence-electron chi connectivity index (χ1n) is 8.67. The lowest BCUT2D eigenvalue weighted by atomic mass is 9.77. The fraction of sp³-hybridized carbons (Fsp3) is 0.875. The van der Waals surface area contributed by atoms with E-state index in [1.165, 1.54) is 38.5 Å². The first-order valence-corrected chi connectivity index (χ1v) is 9.08. The van der Waals surface area contributed by atoms with E-state index in [9.17, 15) is 5.11 Å². The van der Waals surface area contributed by atoms with Crippen molar-refractivity contribution in [3.05, 3.63) is 10.6 Å². The molecule has 1 N–H and O–H groups in total. The van der Waals surface area contributed by atoms with Gasteiger partial charge >= 0.3 is 0 Å². The van der Waals surface area contributed by atoms with Crippen LogP contribution in [-0.2, 0) is 19.8 Å². The fourth-order valence-electron chi connectivity index (χ4n) is 4.13. The van der Waals surface area contributed by atoms with E-state index in [1.807, 2.05) is 9.25 Å². The quantitative estimate of drug-likeness (QED) is 0.846. The van der Waals surface area contributed by atoms with Crippen LogP contribution in [0.15, 0.2) is 0 Å². The number of aliphatic hydroxyl groups is 1. The molecule has 1 saturated carbocycles. The van der Waals surface area contributed by atoms with E-state index in [1.54, 1.807) is 0 Å². The van der Waals surface area contributed by atoms with Gasteiger partial charge in [0.15, 0.2) is 10.6 Å². The van der Waals surface area contributed by atoms with Crippen molar-refractivity contribution in [2.24, 2.45) is 5.41 Å². The van der Waals surface area contributed by atoms with Crippen molar-refractivity contribution < 1.29 is 5.11 Å². The highest BCUT2D eigenvalue weighted by atomic mass is 32.1. The van der Waals surface area contributed by atoms with Crippen LogP contribution < -0.4 is 0 Å². The molecule has 1 aliphatic heterocycles. The predicted octanol–water partition coefficient (Wildman–Crippen LogP) is 2.93. The molecule has 1 saturated heterocycles. The van der Waals surface area contributed by atoms with Crippen LogP contribution in [0.5, 0.6) is 0 Å². The predicted molar refractivity (Wildman–Crippen MR) is 89.0 cm³/mol. The van der Waals surface area contributed by atoms with Gasteiger partial charge in [-0.2, -0.15) is 5.10 Å². The smallest absolute Gasteiger partial charge is 0.199 e. The maximum atomic E-state index is 9.47. The number of hydrogen-bond acceptors (Lipinski definition) is 4. The first kappa shape index (κ1) is 16.1. The number of likely N-dealkylation sites (tertiary alicyclic amines) is 1. The molecule has 0 aromatic carbocycles. The molecule has 2 aliphatic rings. The van der Waals surface area contributed by atoms with E-state index in [4.69, 9.17) is 12.2 Å². The zero-order valence-corrected chi connectivity index (χ0v) is 14.4. The lowest BCUT2D eigenvalue weighted by Gasteiger charge is -2.39. The van der Waals surface area contributed by atoms with Crippen LogP contribution in [0.4, 0.5) is 0 Å². The van der Waals surface area contributed by atoms with Gasteiger partial charge in [0.1, 0.15) is 6.61 Å². The molecule has 0 radical (unpaired) electrons. The van der Waals surface area contributed by atoms with Crippen molar-refractivity contribution in [2.75, 3.05) is 13.1 Å². The standard InChI is InChI=1S/C16H28N4OS/c1-2-9-19-14(12-21)17-20(15(19)22)13-18-10-7-16(8-11-18)5-3-4-6-16/h21H,2-13H2,1H3. The number of piperidine rings is 1. The van der Waals surface area contributed by atoms with Gasteiger partial charge < -0.3 is 9.67 Å². The molecule has 1 spiro atoms. The maximum absolute atomic E-state index is 9.47. The van der Waals surface area contributed by atoms with Crippen molar-refractivity contribution in [2.45, 2.75) is 71.7 Å². The highest BCUT2D eigenvalue weighted by Crippen LogP contribution is 2.46. The van der Waals surface area contributed by atoms with Gasteiger partial charge in [-0.1, -0.05) is 19.8 Å². The Morgan fingerprint density at radius 3 is 2.45 bits per heavy atom. The molecular formula is C16H28N4OS. The zero-order chi connectivity index (χ0) is 15.6. The summed E-state index contributed by atoms with van der Waals surface area (Å²) in [5.41, 5.74) is 0.649. The molecule has 3 rings (SSSR count). The molecule has 1 aromatic heterocycles. The third-order valence-electron chi connectivity index (χ3n) is 5.50. The van der Waals surface area contributed by atoms with Gasteiger partial charge in [-0.15, -0.1) is 0 Å². The summed E-state index contributed by atoms with van der Waals surface area (Å²) >= 11 is 5.54. The summed E-state index contributed by atoms with van der Waals surface area (Å²) in [4.78, 5) is 2.46. The lowest BCUT2D eigenvalue weighted by molar-refractivity contribution is 0.0816. The van der Waals surface area contributed by atoms with Crippen LogP contribution in [0.2, 0.25) is 0 Å². The minimum absolute atomic E-state index is 0.0419. The summed E-state index contributed by atoms with van der Waals surface area (Å²) in [5.74, 6) is 0.691. The van der Waals surface area contributed by atoms with Gasteiger partial charge in [0.05, 0.1) is 6.67 Å². The number of aliphatic hydroxyl groups excluding tert-OH is 1. The average Bonchev–Trinajstić information content (AvgIpc) is 3.10. The minimum Gasteiger partial charge on any atom is -0.388 e. The largest absolute Gasteiger partial charge is 0.388 e. The lowest BCUT2D eigenvalue weighted by Crippen LogP contribution is -2.39. The second-order valence-corrected chi connectivity index (χ2v) is 7.34. The molecule has 6 heteroatoms. The van der Waals surface area contributed by atoms with E-state index in [2.05, 4.69) is 16.9 Å². The molecule has 1 aliphatic carbocycles. The summed E-state index contributed by atoms with van der Waals surface area (Å²) in [6.07, 6.45) is 9.35. The zero-order valence-electron chi connectivity index (χ0n) is 13.6. The number of nitrogens with zero attached hydrogens (tertiary/aromatic N) is 4. The summed E-state index contributed by atoms with van der Waals surface area (Å²) in [6, 6.07) is 0. The number of rotatable bonds is 5. The highest BCUT2D eigenvalue weighted by molar-refractivity contribution is 7.71. The molecular weight excluding hydrogens is 296 g/mol. The number of hydrogen-bond donors (Lipinski definition) is 1. The second kappa shape index (κ2) is 6.81. The van der Waals surface area contributed by atoms with Gasteiger partial charge in [-0.25, -0.2) is 4.68 Å².